The van der Waals surface area contributed by atoms with Crippen LogP contribution in [0.3, 0.4) is 0 Å². The van der Waals surface area contributed by atoms with Crippen molar-refractivity contribution in [3.63, 3.8) is 0 Å². The molecule has 1 aliphatic rings. The number of carbonyl (C=O) groups excluding carboxylic acids is 2. The lowest BCUT2D eigenvalue weighted by atomic mass is 9.79. The highest BCUT2D eigenvalue weighted by atomic mass is 32.1. The summed E-state index contributed by atoms with van der Waals surface area (Å²) in [5.41, 5.74) is -0.249. The van der Waals surface area contributed by atoms with Crippen LogP contribution in [0.15, 0.2) is 42.0 Å². The first-order chi connectivity index (χ1) is 12.0. The summed E-state index contributed by atoms with van der Waals surface area (Å²) >= 11 is 1.18. The predicted octanol–water partition coefficient (Wildman–Crippen LogP) is 2.40. The molecule has 0 saturated carbocycles. The summed E-state index contributed by atoms with van der Waals surface area (Å²) < 4.78 is 0. The van der Waals surface area contributed by atoms with Gasteiger partial charge in [-0.2, -0.15) is 0 Å². The maximum absolute atomic E-state index is 12.5. The van der Waals surface area contributed by atoms with Crippen LogP contribution in [0.5, 0.6) is 0 Å². The van der Waals surface area contributed by atoms with Gasteiger partial charge in [0.15, 0.2) is 0 Å². The van der Waals surface area contributed by atoms with Crippen LogP contribution in [0.25, 0.3) is 0 Å². The Kier molecular flexibility index (Phi) is 4.94. The number of carboxylic acids is 1. The van der Waals surface area contributed by atoms with Crippen molar-refractivity contribution in [2.45, 2.75) is 31.2 Å². The minimum Gasteiger partial charge on any atom is -0.479 e. The van der Waals surface area contributed by atoms with Gasteiger partial charge in [0.25, 0.3) is 11.7 Å². The highest BCUT2D eigenvalue weighted by molar-refractivity contribution is 7.13. The van der Waals surface area contributed by atoms with Gasteiger partial charge in [0, 0.05) is 18.9 Å². The summed E-state index contributed by atoms with van der Waals surface area (Å²) in [6, 6.07) is 7.04. The van der Waals surface area contributed by atoms with Gasteiger partial charge in [-0.05, 0) is 48.8 Å². The van der Waals surface area contributed by atoms with Crippen LogP contribution in [-0.2, 0) is 16.0 Å². The van der Waals surface area contributed by atoms with E-state index in [9.17, 15) is 19.5 Å². The van der Waals surface area contributed by atoms with Crippen LogP contribution in [0.2, 0.25) is 0 Å². The monoisotopic (exact) mass is 358 g/mol. The smallest absolute Gasteiger partial charge is 0.329 e. The van der Waals surface area contributed by atoms with E-state index in [1.165, 1.54) is 16.2 Å². The van der Waals surface area contributed by atoms with E-state index < -0.39 is 23.2 Å². The number of carboxylic acid groups (broad SMARTS) is 1. The molecular weight excluding hydrogens is 340 g/mol. The van der Waals surface area contributed by atoms with Gasteiger partial charge in [0.2, 0.25) is 0 Å². The maximum atomic E-state index is 12.5. The molecular formula is C18H18N2O4S. The molecule has 0 radical (unpaired) electrons. The van der Waals surface area contributed by atoms with Gasteiger partial charge in [-0.25, -0.2) is 4.79 Å². The molecule has 1 fully saturated rings. The number of nitrogens with zero attached hydrogens (tertiary/aromatic N) is 2. The number of aromatic nitrogens is 1. The number of aliphatic carboxylic acids is 1. The quantitative estimate of drug-likeness (QED) is 0.607. The number of thiophene rings is 1. The van der Waals surface area contributed by atoms with Gasteiger partial charge in [-0.3, -0.25) is 14.6 Å². The second-order valence-corrected chi connectivity index (χ2v) is 7.01. The van der Waals surface area contributed by atoms with Crippen LogP contribution in [0.1, 0.15) is 34.5 Å². The Morgan fingerprint density at radius 2 is 2.12 bits per heavy atom. The van der Waals surface area contributed by atoms with Crippen molar-refractivity contribution >= 4 is 29.0 Å². The molecule has 6 nitrogen and oxygen atoms in total. The molecule has 0 aliphatic carbocycles. The molecule has 1 atom stereocenters. The largest absolute Gasteiger partial charge is 0.479 e. The number of aryl methyl sites for hydroxylation is 1. The summed E-state index contributed by atoms with van der Waals surface area (Å²) in [6.45, 7) is 0.301. The molecule has 0 aromatic carbocycles. The number of amides is 1. The minimum atomic E-state index is -1.27. The number of carbonyl (C=O) groups is 3. The fraction of sp³-hybridized carbons (Fsp3) is 0.333. The Bertz CT molecular complexity index is 776. The Morgan fingerprint density at radius 1 is 1.28 bits per heavy atom. The zero-order chi connectivity index (χ0) is 17.9. The van der Waals surface area contributed by atoms with Gasteiger partial charge < -0.3 is 10.0 Å². The normalized spacial score (nSPS) is 19.3. The molecule has 2 aromatic heterocycles. The molecule has 2 aromatic rings. The first kappa shape index (κ1) is 17.3. The third-order valence-corrected chi connectivity index (χ3v) is 5.50. The molecule has 3 heterocycles. The average molecular weight is 358 g/mol. The van der Waals surface area contributed by atoms with Crippen molar-refractivity contribution in [1.82, 2.24) is 9.88 Å². The number of hydrogen-bond acceptors (Lipinski definition) is 5. The highest BCUT2D eigenvalue weighted by Gasteiger charge is 2.54. The second-order valence-electron chi connectivity index (χ2n) is 6.06. The van der Waals surface area contributed by atoms with E-state index in [4.69, 9.17) is 0 Å². The van der Waals surface area contributed by atoms with E-state index in [1.807, 2.05) is 12.1 Å². The Hall–Kier alpha value is -2.54. The van der Waals surface area contributed by atoms with Gasteiger partial charge in [0.1, 0.15) is 5.54 Å². The second kappa shape index (κ2) is 7.14. The van der Waals surface area contributed by atoms with E-state index in [0.717, 1.165) is 5.56 Å². The molecule has 1 saturated heterocycles. The lowest BCUT2D eigenvalue weighted by molar-refractivity contribution is -0.169. The zero-order valence-corrected chi connectivity index (χ0v) is 14.4. The number of Topliss-reactive ketones (excluding diaryl/α,β-unsaturated/α-hetero) is 1. The summed E-state index contributed by atoms with van der Waals surface area (Å²) in [5, 5.41) is 11.4. The summed E-state index contributed by atoms with van der Waals surface area (Å²) in [5.74, 6) is -2.40. The van der Waals surface area contributed by atoms with E-state index in [-0.39, 0.29) is 0 Å². The molecule has 0 spiro atoms. The van der Waals surface area contributed by atoms with Crippen molar-refractivity contribution < 1.29 is 19.5 Å². The molecule has 3 rings (SSSR count). The van der Waals surface area contributed by atoms with E-state index in [0.29, 0.717) is 37.1 Å². The topological polar surface area (TPSA) is 87.6 Å². The standard InChI is InChI=1S/C18H18N2O4S/c21-15(14-6-3-11-25-14)16(22)20-10-8-18(20,17(23)24)7-1-4-13-5-2-9-19-12-13/h2-3,5-6,9,11-12H,1,4,7-8,10H2,(H,23,24)/t18-/m0/s1. The van der Waals surface area contributed by atoms with Gasteiger partial charge in [0.05, 0.1) is 4.88 Å². The Labute approximate surface area is 149 Å². The number of pyridine rings is 1. The highest BCUT2D eigenvalue weighted by Crippen LogP contribution is 2.36. The van der Waals surface area contributed by atoms with Gasteiger partial charge in [-0.1, -0.05) is 12.1 Å². The SMILES string of the molecule is O=C(C(=O)N1CC[C@@]1(CCCc1cccnc1)C(=O)O)c1cccs1. The van der Waals surface area contributed by atoms with E-state index >= 15 is 0 Å². The van der Waals surface area contributed by atoms with Crippen molar-refractivity contribution in [2.75, 3.05) is 6.54 Å². The number of ketones is 1. The fourth-order valence-corrected chi connectivity index (χ4v) is 3.80. The summed E-state index contributed by atoms with van der Waals surface area (Å²) in [6.07, 6.45) is 5.42. The lowest BCUT2D eigenvalue weighted by Gasteiger charge is -2.49. The van der Waals surface area contributed by atoms with Crippen LogP contribution in [0.4, 0.5) is 0 Å². The maximum Gasteiger partial charge on any atom is 0.329 e. The zero-order valence-electron chi connectivity index (χ0n) is 13.6. The summed E-state index contributed by atoms with van der Waals surface area (Å²) in [4.78, 5) is 42.2. The first-order valence-electron chi connectivity index (χ1n) is 8.07. The van der Waals surface area contributed by atoms with E-state index in [2.05, 4.69) is 4.98 Å². The third-order valence-electron chi connectivity index (χ3n) is 4.63. The third kappa shape index (κ3) is 3.32. The van der Waals surface area contributed by atoms with E-state index in [1.54, 1.807) is 29.9 Å². The van der Waals surface area contributed by atoms with Crippen LogP contribution >= 0.6 is 11.3 Å². The van der Waals surface area contributed by atoms with Gasteiger partial charge in [-0.15, -0.1) is 11.3 Å². The molecule has 1 aliphatic heterocycles. The number of likely N-dealkylation sites (tertiary alicyclic amines) is 1. The van der Waals surface area contributed by atoms with Crippen molar-refractivity contribution in [1.29, 1.82) is 0 Å². The average Bonchev–Trinajstić information content (AvgIpc) is 3.12. The molecule has 130 valence electrons. The predicted molar refractivity (Wildman–Crippen MR) is 92.5 cm³/mol. The first-order valence-corrected chi connectivity index (χ1v) is 8.95. The fourth-order valence-electron chi connectivity index (χ4n) is 3.15. The van der Waals surface area contributed by atoms with Crippen molar-refractivity contribution in [3.8, 4) is 0 Å². The molecule has 0 unspecified atom stereocenters. The number of rotatable bonds is 7. The number of hydrogen-bond donors (Lipinski definition) is 1. The molecule has 0 bridgehead atoms. The van der Waals surface area contributed by atoms with Gasteiger partial charge >= 0.3 is 5.97 Å². The minimum absolute atomic E-state index is 0.301. The summed E-state index contributed by atoms with van der Waals surface area (Å²) in [7, 11) is 0. The van der Waals surface area contributed by atoms with Crippen LogP contribution in [0, 0.1) is 0 Å². The van der Waals surface area contributed by atoms with Crippen LogP contribution in [-0.4, -0.2) is 44.7 Å². The molecule has 1 N–H and O–H groups in total. The van der Waals surface area contributed by atoms with Crippen LogP contribution < -0.4 is 0 Å². The Morgan fingerprint density at radius 3 is 2.68 bits per heavy atom. The molecule has 25 heavy (non-hydrogen) atoms. The van der Waals surface area contributed by atoms with Crippen molar-refractivity contribution in [3.05, 3.63) is 52.5 Å². The molecule has 7 heteroatoms. The lowest BCUT2D eigenvalue weighted by Crippen LogP contribution is -2.67. The molecule has 1 amide bonds. The van der Waals surface area contributed by atoms with Crippen molar-refractivity contribution in [2.24, 2.45) is 0 Å². The Balaban J connectivity index is 1.68.